The second-order valence-corrected chi connectivity index (χ2v) is 9.29. The lowest BCUT2D eigenvalue weighted by atomic mass is 10.0. The number of amides is 2. The first-order valence-corrected chi connectivity index (χ1v) is 12.3. The van der Waals surface area contributed by atoms with Crippen LogP contribution < -0.4 is 0 Å². The third-order valence-corrected chi connectivity index (χ3v) is 7.33. The Kier molecular flexibility index (Phi) is 6.97. The molecule has 6 nitrogen and oxygen atoms in total. The number of rotatable bonds is 6. The molecular weight excluding hydrogens is 396 g/mol. The fraction of sp³-hybridized carbons (Fsp3) is 0.609. The molecule has 0 saturated carbocycles. The van der Waals surface area contributed by atoms with Gasteiger partial charge in [-0.2, -0.15) is 0 Å². The standard InChI is InChI=1S/C23H32N4O2S/c1-2-18-10-6-9-15-26(18)22(29)17-30-23-24-19-11-4-5-12-20(19)27(23)16-21(28)25-13-7-3-8-14-25/h4-5,11-12,18H,2-3,6-10,13-17H2,1H3/t18-/m1/s1. The smallest absolute Gasteiger partial charge is 0.242 e. The lowest BCUT2D eigenvalue weighted by Crippen LogP contribution is -2.44. The van der Waals surface area contributed by atoms with E-state index in [0.29, 0.717) is 18.3 Å². The van der Waals surface area contributed by atoms with Gasteiger partial charge in [0.2, 0.25) is 11.8 Å². The number of imidazole rings is 1. The summed E-state index contributed by atoms with van der Waals surface area (Å²) in [5.74, 6) is 0.707. The fourth-order valence-corrected chi connectivity index (χ4v) is 5.56. The van der Waals surface area contributed by atoms with E-state index in [0.717, 1.165) is 67.9 Å². The Bertz CT molecular complexity index is 890. The molecule has 4 rings (SSSR count). The molecule has 3 heterocycles. The Morgan fingerprint density at radius 2 is 1.80 bits per heavy atom. The quantitative estimate of drug-likeness (QED) is 0.654. The molecule has 2 saturated heterocycles. The third-order valence-electron chi connectivity index (χ3n) is 6.37. The van der Waals surface area contributed by atoms with Gasteiger partial charge < -0.3 is 14.4 Å². The van der Waals surface area contributed by atoms with E-state index < -0.39 is 0 Å². The molecule has 2 amide bonds. The summed E-state index contributed by atoms with van der Waals surface area (Å²) in [5, 5.41) is 0.764. The summed E-state index contributed by atoms with van der Waals surface area (Å²) in [5.41, 5.74) is 1.84. The highest BCUT2D eigenvalue weighted by Crippen LogP contribution is 2.26. The zero-order valence-electron chi connectivity index (χ0n) is 17.9. The molecule has 0 spiro atoms. The average molecular weight is 429 g/mol. The van der Waals surface area contributed by atoms with E-state index in [1.807, 2.05) is 33.7 Å². The molecule has 2 aliphatic heterocycles. The van der Waals surface area contributed by atoms with Crippen LogP contribution in [0.1, 0.15) is 51.9 Å². The van der Waals surface area contributed by atoms with Crippen molar-refractivity contribution in [1.29, 1.82) is 0 Å². The van der Waals surface area contributed by atoms with Gasteiger partial charge in [0.05, 0.1) is 16.8 Å². The first kappa shape index (κ1) is 21.2. The Morgan fingerprint density at radius 1 is 1.03 bits per heavy atom. The maximum atomic E-state index is 12.9. The minimum atomic E-state index is 0.146. The first-order valence-electron chi connectivity index (χ1n) is 11.3. The number of hydrogen-bond donors (Lipinski definition) is 0. The number of fused-ring (bicyclic) bond motifs is 1. The van der Waals surface area contributed by atoms with E-state index in [1.165, 1.54) is 24.6 Å². The van der Waals surface area contributed by atoms with Crippen LogP contribution in [0.3, 0.4) is 0 Å². The van der Waals surface area contributed by atoms with E-state index in [4.69, 9.17) is 4.98 Å². The van der Waals surface area contributed by atoms with Crippen LogP contribution >= 0.6 is 11.8 Å². The minimum Gasteiger partial charge on any atom is -0.341 e. The number of nitrogens with zero attached hydrogens (tertiary/aromatic N) is 4. The van der Waals surface area contributed by atoms with Crippen molar-refractivity contribution in [3.8, 4) is 0 Å². The van der Waals surface area contributed by atoms with Gasteiger partial charge in [-0.1, -0.05) is 30.8 Å². The van der Waals surface area contributed by atoms with Crippen molar-refractivity contribution in [1.82, 2.24) is 19.4 Å². The second kappa shape index (κ2) is 9.86. The molecule has 2 fully saturated rings. The molecule has 1 aromatic carbocycles. The maximum absolute atomic E-state index is 12.9. The highest BCUT2D eigenvalue weighted by atomic mass is 32.2. The second-order valence-electron chi connectivity index (χ2n) is 8.34. The molecular formula is C23H32N4O2S. The van der Waals surface area contributed by atoms with Gasteiger partial charge in [0.1, 0.15) is 6.54 Å². The van der Waals surface area contributed by atoms with Crippen LogP contribution in [0, 0.1) is 0 Å². The van der Waals surface area contributed by atoms with Gasteiger partial charge >= 0.3 is 0 Å². The van der Waals surface area contributed by atoms with Crippen molar-refractivity contribution < 1.29 is 9.59 Å². The van der Waals surface area contributed by atoms with Crippen molar-refractivity contribution in [3.63, 3.8) is 0 Å². The van der Waals surface area contributed by atoms with Crippen LogP contribution in [0.2, 0.25) is 0 Å². The summed E-state index contributed by atoms with van der Waals surface area (Å²) in [6, 6.07) is 8.29. The molecule has 2 aliphatic rings. The summed E-state index contributed by atoms with van der Waals surface area (Å²) in [6.45, 7) is 5.01. The van der Waals surface area contributed by atoms with Crippen molar-refractivity contribution in [2.45, 2.75) is 69.6 Å². The number of hydrogen-bond acceptors (Lipinski definition) is 4. The molecule has 2 aromatic rings. The van der Waals surface area contributed by atoms with E-state index >= 15 is 0 Å². The summed E-state index contributed by atoms with van der Waals surface area (Å²) in [6.07, 6.45) is 7.80. The summed E-state index contributed by atoms with van der Waals surface area (Å²) >= 11 is 1.47. The molecule has 0 radical (unpaired) electrons. The number of carbonyl (C=O) groups is 2. The molecule has 1 aromatic heterocycles. The normalized spacial score (nSPS) is 20.0. The fourth-order valence-electron chi connectivity index (χ4n) is 4.66. The van der Waals surface area contributed by atoms with E-state index in [9.17, 15) is 9.59 Å². The Balaban J connectivity index is 1.49. The zero-order chi connectivity index (χ0) is 20.9. The molecule has 162 valence electrons. The monoisotopic (exact) mass is 428 g/mol. The third kappa shape index (κ3) is 4.66. The van der Waals surface area contributed by atoms with E-state index in [2.05, 4.69) is 11.8 Å². The van der Waals surface area contributed by atoms with Crippen LogP contribution in [0.4, 0.5) is 0 Å². The predicted octanol–water partition coefficient (Wildman–Crippen LogP) is 3.93. The van der Waals surface area contributed by atoms with Gasteiger partial charge in [-0.05, 0) is 57.1 Å². The number of piperidine rings is 2. The van der Waals surface area contributed by atoms with Crippen molar-refractivity contribution in [2.75, 3.05) is 25.4 Å². The molecule has 1 atom stereocenters. The highest BCUT2D eigenvalue weighted by Gasteiger charge is 2.26. The van der Waals surface area contributed by atoms with E-state index in [1.54, 1.807) is 0 Å². The number of carbonyl (C=O) groups excluding carboxylic acids is 2. The largest absolute Gasteiger partial charge is 0.341 e. The van der Waals surface area contributed by atoms with Crippen LogP contribution in [0.25, 0.3) is 11.0 Å². The number of likely N-dealkylation sites (tertiary alicyclic amines) is 2. The van der Waals surface area contributed by atoms with Crippen LogP contribution in [-0.4, -0.2) is 62.6 Å². The van der Waals surface area contributed by atoms with Crippen molar-refractivity contribution in [2.24, 2.45) is 0 Å². The van der Waals surface area contributed by atoms with Crippen LogP contribution in [0.15, 0.2) is 29.4 Å². The maximum Gasteiger partial charge on any atom is 0.242 e. The molecule has 0 unspecified atom stereocenters. The average Bonchev–Trinajstić information content (AvgIpc) is 3.15. The van der Waals surface area contributed by atoms with E-state index in [-0.39, 0.29) is 11.8 Å². The zero-order valence-corrected chi connectivity index (χ0v) is 18.7. The first-order chi connectivity index (χ1) is 14.7. The highest BCUT2D eigenvalue weighted by molar-refractivity contribution is 7.99. The predicted molar refractivity (Wildman–Crippen MR) is 121 cm³/mol. The molecule has 0 aliphatic carbocycles. The number of aromatic nitrogens is 2. The molecule has 30 heavy (non-hydrogen) atoms. The van der Waals surface area contributed by atoms with Crippen LogP contribution in [-0.2, 0) is 16.1 Å². The van der Waals surface area contributed by atoms with Gasteiger partial charge in [0.15, 0.2) is 5.16 Å². The molecule has 7 heteroatoms. The van der Waals surface area contributed by atoms with Gasteiger partial charge in [0, 0.05) is 25.7 Å². The Labute approximate surface area is 183 Å². The van der Waals surface area contributed by atoms with Gasteiger partial charge in [0.25, 0.3) is 0 Å². The van der Waals surface area contributed by atoms with Gasteiger partial charge in [-0.15, -0.1) is 0 Å². The number of para-hydroxylation sites is 2. The van der Waals surface area contributed by atoms with Crippen LogP contribution in [0.5, 0.6) is 0 Å². The Hall–Kier alpha value is -2.02. The lowest BCUT2D eigenvalue weighted by molar-refractivity contribution is -0.133. The summed E-state index contributed by atoms with van der Waals surface area (Å²) in [4.78, 5) is 34.6. The topological polar surface area (TPSA) is 58.4 Å². The van der Waals surface area contributed by atoms with Gasteiger partial charge in [-0.25, -0.2) is 4.98 Å². The lowest BCUT2D eigenvalue weighted by Gasteiger charge is -2.35. The SMILES string of the molecule is CC[C@@H]1CCCCN1C(=O)CSc1nc2ccccc2n1CC(=O)N1CCCCC1. The number of thioether (sulfide) groups is 1. The molecule has 0 N–H and O–H groups in total. The van der Waals surface area contributed by atoms with Crippen molar-refractivity contribution in [3.05, 3.63) is 24.3 Å². The molecule has 0 bridgehead atoms. The van der Waals surface area contributed by atoms with Gasteiger partial charge in [-0.3, -0.25) is 9.59 Å². The summed E-state index contributed by atoms with van der Waals surface area (Å²) < 4.78 is 2.00. The summed E-state index contributed by atoms with van der Waals surface area (Å²) in [7, 11) is 0. The minimum absolute atomic E-state index is 0.146. The number of benzene rings is 1. The van der Waals surface area contributed by atoms with Crippen molar-refractivity contribution >= 4 is 34.6 Å². The Morgan fingerprint density at radius 3 is 2.60 bits per heavy atom.